The first-order valence-corrected chi connectivity index (χ1v) is 12.2. The fraction of sp³-hybridized carbons (Fsp3) is 0.741. The highest BCUT2D eigenvalue weighted by Gasteiger charge is 2.83. The van der Waals surface area contributed by atoms with E-state index in [1.54, 1.807) is 13.0 Å². The number of carbonyl (C=O) groups is 3. The number of carbonyl (C=O) groups excluding carboxylic acids is 3. The van der Waals surface area contributed by atoms with E-state index >= 15 is 0 Å². The van der Waals surface area contributed by atoms with E-state index in [1.165, 1.54) is 6.92 Å². The van der Waals surface area contributed by atoms with E-state index in [0.717, 1.165) is 0 Å². The van der Waals surface area contributed by atoms with Gasteiger partial charge in [0.15, 0.2) is 5.78 Å². The van der Waals surface area contributed by atoms with Crippen LogP contribution in [0.5, 0.6) is 0 Å². The summed E-state index contributed by atoms with van der Waals surface area (Å²) in [5, 5.41) is 24.1. The fourth-order valence-electron chi connectivity index (χ4n) is 7.10. The molecule has 34 heavy (non-hydrogen) atoms. The van der Waals surface area contributed by atoms with Crippen LogP contribution in [0.15, 0.2) is 23.3 Å². The van der Waals surface area contributed by atoms with Crippen LogP contribution < -0.4 is 0 Å². The summed E-state index contributed by atoms with van der Waals surface area (Å²) in [4.78, 5) is 37.6. The van der Waals surface area contributed by atoms with Gasteiger partial charge < -0.3 is 19.7 Å². The zero-order valence-electron chi connectivity index (χ0n) is 21.5. The van der Waals surface area contributed by atoms with Crippen molar-refractivity contribution in [2.45, 2.75) is 85.0 Å². The first kappa shape index (κ1) is 25.1. The Labute approximate surface area is 201 Å². The summed E-state index contributed by atoms with van der Waals surface area (Å²) >= 11 is 0. The van der Waals surface area contributed by atoms with Gasteiger partial charge in [-0.05, 0) is 51.2 Å². The molecule has 7 nitrogen and oxygen atoms in total. The van der Waals surface area contributed by atoms with Crippen molar-refractivity contribution in [1.82, 2.24) is 0 Å². The summed E-state index contributed by atoms with van der Waals surface area (Å²) in [5.41, 5.74) is -4.10. The van der Waals surface area contributed by atoms with Crippen LogP contribution in [0.4, 0.5) is 0 Å². The quantitative estimate of drug-likeness (QED) is 0.478. The van der Waals surface area contributed by atoms with Gasteiger partial charge in [-0.15, -0.1) is 0 Å². The van der Waals surface area contributed by atoms with Crippen LogP contribution in [0, 0.1) is 34.5 Å². The first-order chi connectivity index (χ1) is 15.4. The lowest BCUT2D eigenvalue weighted by atomic mass is 9.60. The van der Waals surface area contributed by atoms with Crippen molar-refractivity contribution in [3.8, 4) is 0 Å². The van der Waals surface area contributed by atoms with Gasteiger partial charge in [-0.2, -0.15) is 0 Å². The molecule has 7 heteroatoms. The van der Waals surface area contributed by atoms with Gasteiger partial charge in [-0.25, -0.2) is 0 Å². The van der Waals surface area contributed by atoms with Crippen molar-refractivity contribution in [3.05, 3.63) is 23.3 Å². The summed E-state index contributed by atoms with van der Waals surface area (Å²) < 4.78 is 11.5. The molecule has 0 spiro atoms. The Bertz CT molecular complexity index is 1010. The third-order valence-electron chi connectivity index (χ3n) is 9.02. The van der Waals surface area contributed by atoms with Crippen molar-refractivity contribution < 1.29 is 34.1 Å². The molecule has 7 atom stereocenters. The molecular weight excluding hydrogens is 436 g/mol. The van der Waals surface area contributed by atoms with Gasteiger partial charge in [0.25, 0.3) is 0 Å². The topological polar surface area (TPSA) is 110 Å². The Hall–Kier alpha value is -1.99. The number of ketones is 1. The molecule has 0 aromatic carbocycles. The number of hydrogen-bond donors (Lipinski definition) is 2. The molecule has 0 bridgehead atoms. The molecule has 2 N–H and O–H groups in total. The maximum absolute atomic E-state index is 13.1. The lowest BCUT2D eigenvalue weighted by Crippen LogP contribution is -2.61. The maximum atomic E-state index is 13.1. The molecule has 0 radical (unpaired) electrons. The molecule has 2 saturated carbocycles. The maximum Gasteiger partial charge on any atom is 0.311 e. The molecule has 0 aromatic rings. The van der Waals surface area contributed by atoms with Crippen molar-refractivity contribution >= 4 is 17.7 Å². The molecule has 4 aliphatic rings. The first-order valence-electron chi connectivity index (χ1n) is 12.2. The molecule has 188 valence electrons. The molecule has 0 aliphatic heterocycles. The predicted molar refractivity (Wildman–Crippen MR) is 124 cm³/mol. The highest BCUT2D eigenvalue weighted by molar-refractivity contribution is 6.04. The molecule has 0 saturated heterocycles. The number of aliphatic hydroxyl groups is 2. The van der Waals surface area contributed by atoms with Crippen LogP contribution in [0.1, 0.15) is 68.2 Å². The van der Waals surface area contributed by atoms with Crippen molar-refractivity contribution in [2.75, 3.05) is 6.61 Å². The van der Waals surface area contributed by atoms with Crippen LogP contribution >= 0.6 is 0 Å². The third kappa shape index (κ3) is 3.19. The minimum Gasteiger partial charge on any atom is -0.461 e. The normalized spacial score (nSPS) is 42.4. The molecule has 0 aromatic heterocycles. The largest absolute Gasteiger partial charge is 0.461 e. The average molecular weight is 475 g/mol. The molecule has 0 amide bonds. The van der Waals surface area contributed by atoms with Gasteiger partial charge in [-0.3, -0.25) is 14.4 Å². The average Bonchev–Trinajstić information content (AvgIpc) is 3.10. The second-order valence-electron chi connectivity index (χ2n) is 12.6. The van der Waals surface area contributed by atoms with Gasteiger partial charge >= 0.3 is 11.9 Å². The summed E-state index contributed by atoms with van der Waals surface area (Å²) in [6, 6.07) is 0. The molecule has 2 fully saturated rings. The Morgan fingerprint density at radius 2 is 1.79 bits per heavy atom. The van der Waals surface area contributed by atoms with Crippen molar-refractivity contribution in [3.63, 3.8) is 0 Å². The van der Waals surface area contributed by atoms with E-state index in [9.17, 15) is 24.6 Å². The monoisotopic (exact) mass is 474 g/mol. The Kier molecular flexibility index (Phi) is 5.36. The van der Waals surface area contributed by atoms with Crippen LogP contribution in [-0.4, -0.2) is 51.3 Å². The van der Waals surface area contributed by atoms with E-state index in [-0.39, 0.29) is 30.8 Å². The van der Waals surface area contributed by atoms with Gasteiger partial charge in [-0.1, -0.05) is 32.9 Å². The number of rotatable bonds is 3. The van der Waals surface area contributed by atoms with E-state index in [2.05, 4.69) is 0 Å². The number of hydrogen-bond acceptors (Lipinski definition) is 7. The van der Waals surface area contributed by atoms with E-state index in [0.29, 0.717) is 17.6 Å². The lowest BCUT2D eigenvalue weighted by Gasteiger charge is -2.50. The Balaban J connectivity index is 1.84. The number of Topliss-reactive ketones (excluding diaryl/α,β-unsaturated/α-hetero) is 1. The summed E-state index contributed by atoms with van der Waals surface area (Å²) in [6.45, 7) is 14.3. The van der Waals surface area contributed by atoms with Crippen LogP contribution in [0.25, 0.3) is 0 Å². The highest BCUT2D eigenvalue weighted by Crippen LogP contribution is 2.76. The summed E-state index contributed by atoms with van der Waals surface area (Å²) in [6.07, 6.45) is 3.99. The van der Waals surface area contributed by atoms with Gasteiger partial charge in [0.1, 0.15) is 17.8 Å². The second-order valence-corrected chi connectivity index (χ2v) is 12.6. The van der Waals surface area contributed by atoms with E-state index < -0.39 is 51.2 Å². The zero-order valence-corrected chi connectivity index (χ0v) is 21.5. The predicted octanol–water partition coefficient (Wildman–Crippen LogP) is 3.13. The molecular formula is C27H38O7. The lowest BCUT2D eigenvalue weighted by molar-refractivity contribution is -0.191. The molecule has 0 heterocycles. The SMILES string of the molecule is CC(=O)OCC1=CC2C3C(C)(C)C3(OC(=O)C(C)(C)C)CC(C)C2(O)C2C=C(C)C(=O)C2(O)C1. The number of fused-ring (bicyclic) bond motifs is 5. The fourth-order valence-corrected chi connectivity index (χ4v) is 7.10. The molecule has 4 aliphatic carbocycles. The Morgan fingerprint density at radius 1 is 1.18 bits per heavy atom. The summed E-state index contributed by atoms with van der Waals surface area (Å²) in [7, 11) is 0. The number of esters is 2. The standard InChI is InChI=1S/C27H38O7/c1-14-9-19-25(31,21(14)29)12-17(13-33-16(3)28)10-18-20-24(7,8)26(20,11-15(2)27(18,19)32)34-22(30)23(4,5)6/h9-10,15,18-20,31-32H,11-13H2,1-8H3. The molecule has 7 unspecified atom stereocenters. The van der Waals surface area contributed by atoms with Gasteiger partial charge in [0, 0.05) is 36.5 Å². The van der Waals surface area contributed by atoms with Crippen LogP contribution in [-0.2, 0) is 23.9 Å². The van der Waals surface area contributed by atoms with Gasteiger partial charge in [0.2, 0.25) is 0 Å². The Morgan fingerprint density at radius 3 is 2.35 bits per heavy atom. The van der Waals surface area contributed by atoms with Gasteiger partial charge in [0.05, 0.1) is 11.0 Å². The van der Waals surface area contributed by atoms with Crippen molar-refractivity contribution in [2.24, 2.45) is 34.5 Å². The van der Waals surface area contributed by atoms with Crippen molar-refractivity contribution in [1.29, 1.82) is 0 Å². The van der Waals surface area contributed by atoms with E-state index in [4.69, 9.17) is 9.47 Å². The van der Waals surface area contributed by atoms with E-state index in [1.807, 2.05) is 47.6 Å². The minimum atomic E-state index is -1.81. The second kappa shape index (κ2) is 7.26. The zero-order chi connectivity index (χ0) is 25.6. The molecule has 4 rings (SSSR count). The third-order valence-corrected chi connectivity index (χ3v) is 9.02. The van der Waals surface area contributed by atoms with Crippen LogP contribution in [0.3, 0.4) is 0 Å². The minimum absolute atomic E-state index is 0.0227. The highest BCUT2D eigenvalue weighted by atomic mass is 16.6. The smallest absolute Gasteiger partial charge is 0.311 e. The number of ether oxygens (including phenoxy) is 2. The summed E-state index contributed by atoms with van der Waals surface area (Å²) in [5.74, 6) is -3.07. The van der Waals surface area contributed by atoms with Crippen LogP contribution in [0.2, 0.25) is 0 Å².